The summed E-state index contributed by atoms with van der Waals surface area (Å²) in [6, 6.07) is 3.63. The van der Waals surface area contributed by atoms with Gasteiger partial charge in [-0.25, -0.2) is 9.37 Å². The van der Waals surface area contributed by atoms with Crippen LogP contribution in [0.4, 0.5) is 21.8 Å². The number of allylic oxidation sites excluding steroid dienone is 1. The quantitative estimate of drug-likeness (QED) is 0.615. The van der Waals surface area contributed by atoms with Crippen LogP contribution in [0.15, 0.2) is 18.2 Å². The van der Waals surface area contributed by atoms with E-state index in [1.807, 2.05) is 19.1 Å². The number of aromatic nitrogens is 2. The number of halogens is 1. The van der Waals surface area contributed by atoms with Gasteiger partial charge in [-0.05, 0) is 31.4 Å². The van der Waals surface area contributed by atoms with E-state index in [9.17, 15) is 5.11 Å². The first kappa shape index (κ1) is 19.6. The van der Waals surface area contributed by atoms with Gasteiger partial charge in [-0.1, -0.05) is 6.08 Å². The average Bonchev–Trinajstić information content (AvgIpc) is 3.04. The van der Waals surface area contributed by atoms with Gasteiger partial charge >= 0.3 is 0 Å². The predicted octanol–water partition coefficient (Wildman–Crippen LogP) is 2.77. The molecule has 4 rings (SSSR count). The summed E-state index contributed by atoms with van der Waals surface area (Å²) in [6.07, 6.45) is 4.13. The first-order valence-electron chi connectivity index (χ1n) is 9.91. The van der Waals surface area contributed by atoms with Gasteiger partial charge in [0.05, 0.1) is 24.5 Å². The van der Waals surface area contributed by atoms with Crippen LogP contribution in [0.2, 0.25) is 0 Å². The van der Waals surface area contributed by atoms with E-state index in [2.05, 4.69) is 25.9 Å². The zero-order valence-corrected chi connectivity index (χ0v) is 16.7. The van der Waals surface area contributed by atoms with E-state index in [4.69, 9.17) is 4.74 Å². The number of aryl methyl sites for hydroxylation is 1. The van der Waals surface area contributed by atoms with Crippen molar-refractivity contribution >= 4 is 23.0 Å². The number of hydrogen-bond acceptors (Lipinski definition) is 7. The summed E-state index contributed by atoms with van der Waals surface area (Å²) in [6.45, 7) is 3.06. The van der Waals surface area contributed by atoms with Crippen molar-refractivity contribution in [2.75, 3.05) is 37.4 Å². The van der Waals surface area contributed by atoms with Crippen molar-refractivity contribution in [2.45, 2.75) is 32.2 Å². The zero-order chi connectivity index (χ0) is 20.4. The molecular weight excluding hydrogens is 373 g/mol. The number of nitrogens with zero attached hydrogens (tertiary/aromatic N) is 2. The number of aliphatic hydroxyl groups is 1. The molecule has 8 heteroatoms. The minimum atomic E-state index is -0.365. The molecule has 0 saturated carbocycles. The lowest BCUT2D eigenvalue weighted by atomic mass is 9.95. The minimum Gasteiger partial charge on any atom is -0.492 e. The van der Waals surface area contributed by atoms with Crippen LogP contribution >= 0.6 is 0 Å². The van der Waals surface area contributed by atoms with Crippen LogP contribution in [0.25, 0.3) is 5.57 Å². The predicted molar refractivity (Wildman–Crippen MR) is 111 cm³/mol. The second-order valence-electron chi connectivity index (χ2n) is 7.35. The molecule has 0 radical (unpaired) electrons. The summed E-state index contributed by atoms with van der Waals surface area (Å²) < 4.78 is 21.5. The highest BCUT2D eigenvalue weighted by Crippen LogP contribution is 2.42. The summed E-state index contributed by atoms with van der Waals surface area (Å²) in [7, 11) is 1.78. The molecule has 0 saturated heterocycles. The van der Waals surface area contributed by atoms with Crippen molar-refractivity contribution < 1.29 is 14.2 Å². The van der Waals surface area contributed by atoms with Crippen LogP contribution in [0, 0.1) is 12.7 Å². The molecule has 0 fully saturated rings. The third-order valence-corrected chi connectivity index (χ3v) is 5.33. The fraction of sp³-hybridized carbons (Fsp3) is 0.429. The molecule has 1 atom stereocenters. The van der Waals surface area contributed by atoms with Crippen molar-refractivity contribution in [1.82, 2.24) is 15.3 Å². The largest absolute Gasteiger partial charge is 0.492 e. The summed E-state index contributed by atoms with van der Waals surface area (Å²) in [5.41, 5.74) is 3.50. The molecular formula is C21H26FN5O2. The lowest BCUT2D eigenvalue weighted by Gasteiger charge is -2.17. The van der Waals surface area contributed by atoms with Gasteiger partial charge in [-0.2, -0.15) is 4.98 Å². The fourth-order valence-corrected chi connectivity index (χ4v) is 3.83. The molecule has 154 valence electrons. The monoisotopic (exact) mass is 399 g/mol. The van der Waals surface area contributed by atoms with E-state index in [0.29, 0.717) is 48.3 Å². The number of fused-ring (bicyclic) bond motifs is 1. The Morgan fingerprint density at radius 2 is 2.17 bits per heavy atom. The number of ether oxygens (including phenoxy) is 1. The van der Waals surface area contributed by atoms with Crippen LogP contribution in [0.5, 0.6) is 5.75 Å². The van der Waals surface area contributed by atoms with Gasteiger partial charge in [0.15, 0.2) is 5.82 Å². The summed E-state index contributed by atoms with van der Waals surface area (Å²) in [5.74, 6) is 1.27. The third-order valence-electron chi connectivity index (χ3n) is 5.33. The minimum absolute atomic E-state index is 0.0164. The van der Waals surface area contributed by atoms with E-state index >= 15 is 4.39 Å². The Morgan fingerprint density at radius 1 is 1.31 bits per heavy atom. The topological polar surface area (TPSA) is 91.3 Å². The normalized spacial score (nSPS) is 18.5. The molecule has 1 aromatic heterocycles. The van der Waals surface area contributed by atoms with Crippen molar-refractivity contribution in [3.8, 4) is 5.75 Å². The highest BCUT2D eigenvalue weighted by molar-refractivity contribution is 5.78. The van der Waals surface area contributed by atoms with Gasteiger partial charge < -0.3 is 25.8 Å². The van der Waals surface area contributed by atoms with Crippen molar-refractivity contribution in [3.05, 3.63) is 40.8 Å². The first-order valence-corrected chi connectivity index (χ1v) is 9.91. The standard InChI is InChI=1S/C21H26FN5O2/c1-12-9-17(23-2)27-21(25-12)26-16-10-14-6-8-29-20(14)18(19(16)22)13-3-4-15(11-28)24-7-5-13/h5,9-10,15,24,28H,3-4,6-8,11H2,1-2H3,(H2,23,25,26,27)/t15-/m0/s1. The Kier molecular flexibility index (Phi) is 5.64. The Bertz CT molecular complexity index is 947. The van der Waals surface area contributed by atoms with Gasteiger partial charge in [0.25, 0.3) is 0 Å². The molecule has 0 aliphatic carbocycles. The molecule has 2 aromatic rings. The van der Waals surface area contributed by atoms with E-state index in [1.165, 1.54) is 0 Å². The number of rotatable bonds is 5. The molecule has 2 aliphatic rings. The fourth-order valence-electron chi connectivity index (χ4n) is 3.83. The van der Waals surface area contributed by atoms with Crippen molar-refractivity contribution in [2.24, 2.45) is 0 Å². The van der Waals surface area contributed by atoms with Gasteiger partial charge in [0, 0.05) is 43.4 Å². The maximum Gasteiger partial charge on any atom is 0.229 e. The number of benzene rings is 1. The molecule has 0 bridgehead atoms. The zero-order valence-electron chi connectivity index (χ0n) is 16.7. The molecule has 29 heavy (non-hydrogen) atoms. The number of aliphatic hydroxyl groups excluding tert-OH is 1. The molecule has 1 aromatic carbocycles. The van der Waals surface area contributed by atoms with Crippen molar-refractivity contribution in [1.29, 1.82) is 0 Å². The summed E-state index contributed by atoms with van der Waals surface area (Å²) >= 11 is 0. The second-order valence-corrected chi connectivity index (χ2v) is 7.35. The van der Waals surface area contributed by atoms with E-state index in [-0.39, 0.29) is 18.5 Å². The van der Waals surface area contributed by atoms with Crippen LogP contribution in [-0.2, 0) is 6.42 Å². The molecule has 4 N–H and O–H groups in total. The molecule has 0 spiro atoms. The van der Waals surface area contributed by atoms with Crippen LogP contribution in [0.3, 0.4) is 0 Å². The second kappa shape index (κ2) is 8.34. The lowest BCUT2D eigenvalue weighted by Crippen LogP contribution is -2.31. The van der Waals surface area contributed by atoms with E-state index in [0.717, 1.165) is 29.7 Å². The Balaban J connectivity index is 1.73. The highest BCUT2D eigenvalue weighted by Gasteiger charge is 2.27. The van der Waals surface area contributed by atoms with Gasteiger partial charge in [0.2, 0.25) is 5.95 Å². The van der Waals surface area contributed by atoms with Gasteiger partial charge in [-0.3, -0.25) is 0 Å². The maximum atomic E-state index is 15.7. The molecule has 7 nitrogen and oxygen atoms in total. The number of nitrogens with one attached hydrogen (secondary N) is 3. The van der Waals surface area contributed by atoms with Crippen LogP contribution in [-0.4, -0.2) is 47.9 Å². The third kappa shape index (κ3) is 4.04. The molecule has 2 aliphatic heterocycles. The Labute approximate surface area is 169 Å². The average molecular weight is 399 g/mol. The van der Waals surface area contributed by atoms with E-state index < -0.39 is 0 Å². The first-order chi connectivity index (χ1) is 14.1. The van der Waals surface area contributed by atoms with Crippen LogP contribution < -0.4 is 20.7 Å². The number of hydrogen-bond donors (Lipinski definition) is 4. The van der Waals surface area contributed by atoms with Crippen LogP contribution in [0.1, 0.15) is 29.7 Å². The van der Waals surface area contributed by atoms with Crippen molar-refractivity contribution in [3.63, 3.8) is 0 Å². The lowest BCUT2D eigenvalue weighted by molar-refractivity contribution is 0.241. The maximum absolute atomic E-state index is 15.7. The number of anilines is 3. The van der Waals surface area contributed by atoms with Gasteiger partial charge in [0.1, 0.15) is 11.6 Å². The highest BCUT2D eigenvalue weighted by atomic mass is 19.1. The summed E-state index contributed by atoms with van der Waals surface area (Å²) in [5, 5.41) is 18.7. The smallest absolute Gasteiger partial charge is 0.229 e. The van der Waals surface area contributed by atoms with Gasteiger partial charge in [-0.15, -0.1) is 0 Å². The Morgan fingerprint density at radius 3 is 2.97 bits per heavy atom. The molecule has 0 amide bonds. The summed E-state index contributed by atoms with van der Waals surface area (Å²) in [4.78, 5) is 8.75. The molecule has 3 heterocycles. The SMILES string of the molecule is CNc1cc(C)nc(Nc2cc3c(c(C4=CCN[C@H](CO)CC4)c2F)OCC3)n1. The Hall–Kier alpha value is -2.71. The van der Waals surface area contributed by atoms with E-state index in [1.54, 1.807) is 13.1 Å². The molecule has 0 unspecified atom stereocenters.